The van der Waals surface area contributed by atoms with E-state index in [0.29, 0.717) is 31.3 Å². The van der Waals surface area contributed by atoms with Crippen LogP contribution in [0.25, 0.3) is 0 Å². The Labute approximate surface area is 162 Å². The number of benzene rings is 1. The fraction of sp³-hybridized carbons (Fsp3) is 0.609. The highest BCUT2D eigenvalue weighted by molar-refractivity contribution is 5.77. The first-order chi connectivity index (χ1) is 12.9. The van der Waals surface area contributed by atoms with Crippen LogP contribution in [-0.4, -0.2) is 35.2 Å². The average molecular weight is 370 g/mol. The Hall–Kier alpha value is -1.81. The van der Waals surface area contributed by atoms with E-state index in [1.54, 1.807) is 13.2 Å². The summed E-state index contributed by atoms with van der Waals surface area (Å²) in [6.07, 6.45) is 8.48. The maximum atomic E-state index is 13.3. The van der Waals surface area contributed by atoms with Crippen molar-refractivity contribution in [3.63, 3.8) is 0 Å². The number of ether oxygens (including phenoxy) is 1. The van der Waals surface area contributed by atoms with Crippen LogP contribution < -0.4 is 4.74 Å². The van der Waals surface area contributed by atoms with E-state index >= 15 is 0 Å². The van der Waals surface area contributed by atoms with Gasteiger partial charge in [-0.3, -0.25) is 4.79 Å². The molecule has 4 aliphatic rings. The molecule has 4 aliphatic carbocycles. The van der Waals surface area contributed by atoms with Gasteiger partial charge < -0.3 is 14.7 Å². The fourth-order valence-electron chi connectivity index (χ4n) is 6.49. The van der Waals surface area contributed by atoms with Gasteiger partial charge >= 0.3 is 0 Å². The number of carbonyl (C=O) groups is 1. The Morgan fingerprint density at radius 3 is 2.63 bits per heavy atom. The quantitative estimate of drug-likeness (QED) is 0.741. The van der Waals surface area contributed by atoms with Crippen molar-refractivity contribution in [2.75, 3.05) is 13.7 Å². The van der Waals surface area contributed by atoms with Crippen LogP contribution in [0.5, 0.6) is 5.75 Å². The molecular formula is C23H31NO3. The van der Waals surface area contributed by atoms with Gasteiger partial charge in [-0.2, -0.15) is 0 Å². The Morgan fingerprint density at radius 2 is 2.00 bits per heavy atom. The van der Waals surface area contributed by atoms with Crippen LogP contribution in [0.3, 0.4) is 0 Å². The van der Waals surface area contributed by atoms with Crippen LogP contribution in [0.2, 0.25) is 0 Å². The predicted octanol–water partition coefficient (Wildman–Crippen LogP) is 3.93. The Kier molecular flexibility index (Phi) is 4.79. The molecule has 1 aromatic rings. The van der Waals surface area contributed by atoms with Crippen molar-refractivity contribution in [1.82, 2.24) is 4.90 Å². The number of para-hydroxylation sites is 1. The van der Waals surface area contributed by atoms with Gasteiger partial charge in [0.05, 0.1) is 12.7 Å². The third-order valence-electron chi connectivity index (χ3n) is 6.93. The summed E-state index contributed by atoms with van der Waals surface area (Å²) in [5.74, 6) is 2.19. The summed E-state index contributed by atoms with van der Waals surface area (Å²) in [7, 11) is 1.66. The van der Waals surface area contributed by atoms with E-state index in [4.69, 9.17) is 4.74 Å². The lowest BCUT2D eigenvalue weighted by Gasteiger charge is -2.60. The van der Waals surface area contributed by atoms with Crippen LogP contribution in [0.1, 0.15) is 50.5 Å². The van der Waals surface area contributed by atoms with Gasteiger partial charge in [0.1, 0.15) is 5.75 Å². The molecule has 1 N–H and O–H groups in total. The number of methoxy groups -OCH3 is 1. The van der Waals surface area contributed by atoms with Gasteiger partial charge in [0.2, 0.25) is 5.91 Å². The minimum absolute atomic E-state index is 0.00386. The van der Waals surface area contributed by atoms with Crippen molar-refractivity contribution in [3.8, 4) is 5.75 Å². The molecule has 146 valence electrons. The van der Waals surface area contributed by atoms with Crippen LogP contribution in [0.15, 0.2) is 36.9 Å². The monoisotopic (exact) mass is 369 g/mol. The molecular weight excluding hydrogens is 338 g/mol. The first-order valence-electron chi connectivity index (χ1n) is 10.2. The molecule has 0 unspecified atom stereocenters. The van der Waals surface area contributed by atoms with Crippen molar-refractivity contribution in [2.24, 2.45) is 17.3 Å². The summed E-state index contributed by atoms with van der Waals surface area (Å²) in [4.78, 5) is 15.2. The molecule has 0 spiro atoms. The van der Waals surface area contributed by atoms with E-state index in [2.05, 4.69) is 6.58 Å². The van der Waals surface area contributed by atoms with Gasteiger partial charge in [-0.1, -0.05) is 24.3 Å². The van der Waals surface area contributed by atoms with Crippen molar-refractivity contribution in [3.05, 3.63) is 42.5 Å². The van der Waals surface area contributed by atoms with Crippen molar-refractivity contribution in [1.29, 1.82) is 0 Å². The first-order valence-corrected chi connectivity index (χ1v) is 10.2. The highest BCUT2D eigenvalue weighted by atomic mass is 16.5. The van der Waals surface area contributed by atoms with Gasteiger partial charge in [-0.05, 0) is 61.8 Å². The number of aliphatic hydroxyl groups is 1. The van der Waals surface area contributed by atoms with Crippen molar-refractivity contribution < 1.29 is 14.6 Å². The van der Waals surface area contributed by atoms with Gasteiger partial charge in [-0.15, -0.1) is 6.58 Å². The lowest BCUT2D eigenvalue weighted by atomic mass is 9.47. The van der Waals surface area contributed by atoms with E-state index in [0.717, 1.165) is 43.4 Å². The van der Waals surface area contributed by atoms with E-state index in [1.807, 2.05) is 29.2 Å². The minimum Gasteiger partial charge on any atom is -0.496 e. The summed E-state index contributed by atoms with van der Waals surface area (Å²) in [5, 5.41) is 11.0. The third-order valence-corrected chi connectivity index (χ3v) is 6.93. The lowest BCUT2D eigenvalue weighted by molar-refractivity contribution is -0.172. The summed E-state index contributed by atoms with van der Waals surface area (Å²) < 4.78 is 5.45. The van der Waals surface area contributed by atoms with Crippen LogP contribution in [0.4, 0.5) is 0 Å². The average Bonchev–Trinajstić information content (AvgIpc) is 2.59. The number of amides is 1. The second kappa shape index (κ2) is 6.97. The van der Waals surface area contributed by atoms with Gasteiger partial charge in [0, 0.05) is 25.1 Å². The molecule has 0 heterocycles. The molecule has 0 aromatic heterocycles. The molecule has 0 saturated heterocycles. The third kappa shape index (κ3) is 3.64. The number of carbonyl (C=O) groups excluding carboxylic acids is 1. The highest BCUT2D eigenvalue weighted by Crippen LogP contribution is 2.62. The summed E-state index contributed by atoms with van der Waals surface area (Å²) in [6, 6.07) is 7.86. The minimum atomic E-state index is -0.518. The van der Waals surface area contributed by atoms with E-state index in [1.165, 1.54) is 6.42 Å². The molecule has 1 amide bonds. The second-order valence-corrected chi connectivity index (χ2v) is 9.24. The Balaban J connectivity index is 1.50. The standard InChI is InChI=1S/C23H31NO3/c1-3-8-24(15-19-6-4-5-7-20(19)27-2)21(25)14-22-10-17-9-18(11-22)13-23(26,12-17)16-22/h3-7,17-18,26H,1,8-16H2,2H3/t17-,18-,22?,23?/m1/s1. The predicted molar refractivity (Wildman–Crippen MR) is 105 cm³/mol. The molecule has 2 atom stereocenters. The zero-order chi connectivity index (χ0) is 19.1. The maximum absolute atomic E-state index is 13.3. The van der Waals surface area contributed by atoms with E-state index < -0.39 is 5.60 Å². The van der Waals surface area contributed by atoms with Crippen molar-refractivity contribution in [2.45, 2.75) is 57.1 Å². The Bertz CT molecular complexity index is 714. The largest absolute Gasteiger partial charge is 0.496 e. The molecule has 4 fully saturated rings. The van der Waals surface area contributed by atoms with Gasteiger partial charge in [-0.25, -0.2) is 0 Å². The fourth-order valence-corrected chi connectivity index (χ4v) is 6.49. The Morgan fingerprint density at radius 1 is 1.30 bits per heavy atom. The number of rotatable bonds is 7. The van der Waals surface area contributed by atoms with Crippen LogP contribution in [0, 0.1) is 17.3 Å². The smallest absolute Gasteiger partial charge is 0.223 e. The number of hydrogen-bond acceptors (Lipinski definition) is 3. The highest BCUT2D eigenvalue weighted by Gasteiger charge is 2.57. The molecule has 4 heteroatoms. The molecule has 0 radical (unpaired) electrons. The first kappa shape index (κ1) is 18.5. The number of nitrogens with zero attached hydrogens (tertiary/aromatic N) is 1. The van der Waals surface area contributed by atoms with Gasteiger partial charge in [0.25, 0.3) is 0 Å². The van der Waals surface area contributed by atoms with Crippen LogP contribution >= 0.6 is 0 Å². The van der Waals surface area contributed by atoms with Crippen LogP contribution in [-0.2, 0) is 11.3 Å². The summed E-state index contributed by atoms with van der Waals surface area (Å²) >= 11 is 0. The van der Waals surface area contributed by atoms with E-state index in [-0.39, 0.29) is 11.3 Å². The summed E-state index contributed by atoms with van der Waals surface area (Å²) in [5.41, 5.74) is 0.492. The maximum Gasteiger partial charge on any atom is 0.223 e. The van der Waals surface area contributed by atoms with Gasteiger partial charge in [0.15, 0.2) is 0 Å². The molecule has 4 bridgehead atoms. The number of hydrogen-bond donors (Lipinski definition) is 1. The molecule has 5 rings (SSSR count). The van der Waals surface area contributed by atoms with Crippen molar-refractivity contribution >= 4 is 5.91 Å². The molecule has 27 heavy (non-hydrogen) atoms. The molecule has 4 nitrogen and oxygen atoms in total. The topological polar surface area (TPSA) is 49.8 Å². The molecule has 1 aromatic carbocycles. The lowest BCUT2D eigenvalue weighted by Crippen LogP contribution is -2.56. The normalized spacial score (nSPS) is 33.7. The second-order valence-electron chi connectivity index (χ2n) is 9.24. The zero-order valence-corrected chi connectivity index (χ0v) is 16.3. The molecule has 4 saturated carbocycles. The molecule has 0 aliphatic heterocycles. The summed E-state index contributed by atoms with van der Waals surface area (Å²) in [6.45, 7) is 4.90. The zero-order valence-electron chi connectivity index (χ0n) is 16.3. The SMILES string of the molecule is C=CCN(Cc1ccccc1OC)C(=O)CC12C[C@H]3C[C@@H](CC(O)(C3)C1)C2. The van der Waals surface area contributed by atoms with E-state index in [9.17, 15) is 9.90 Å².